The van der Waals surface area contributed by atoms with Gasteiger partial charge in [0.15, 0.2) is 17.5 Å². The zero-order valence-electron chi connectivity index (χ0n) is 11.0. The highest BCUT2D eigenvalue weighted by molar-refractivity contribution is 5.24. The molecule has 1 aromatic rings. The summed E-state index contributed by atoms with van der Waals surface area (Å²) < 4.78 is 78.2. The maximum atomic E-state index is 13.8. The number of benzene rings is 1. The zero-order chi connectivity index (χ0) is 15.6. The Hall–Kier alpha value is -1.28. The quantitative estimate of drug-likeness (QED) is 0.682. The molecule has 118 valence electrons. The fraction of sp³-hybridized carbons (Fsp3) is 0.538. The Morgan fingerprint density at radius 3 is 2.24 bits per heavy atom. The third kappa shape index (κ3) is 3.88. The number of hydrogen-bond acceptors (Lipinski definition) is 2. The standard InChI is InChI=1S/C13H14F6N2/c14-9-2-1-8(11(15)12(9)16)10(7-13(17,18)19)21-5-3-20-4-6-21/h1-2,10,20H,3-7H2/t10-/m0/s1. The smallest absolute Gasteiger partial charge is 0.314 e. The highest BCUT2D eigenvalue weighted by Crippen LogP contribution is 2.35. The maximum absolute atomic E-state index is 13.8. The number of nitrogens with zero attached hydrogens (tertiary/aromatic N) is 1. The van der Waals surface area contributed by atoms with Crippen LogP contribution in [0.15, 0.2) is 12.1 Å². The van der Waals surface area contributed by atoms with E-state index in [0.29, 0.717) is 19.2 Å². The van der Waals surface area contributed by atoms with Crippen LogP contribution in [0.25, 0.3) is 0 Å². The van der Waals surface area contributed by atoms with Crippen LogP contribution in [0.3, 0.4) is 0 Å². The van der Waals surface area contributed by atoms with Crippen LogP contribution < -0.4 is 5.32 Å². The molecule has 0 unspecified atom stereocenters. The minimum Gasteiger partial charge on any atom is -0.314 e. The molecule has 0 radical (unpaired) electrons. The summed E-state index contributed by atoms with van der Waals surface area (Å²) >= 11 is 0. The van der Waals surface area contributed by atoms with E-state index < -0.39 is 41.7 Å². The molecule has 1 aliphatic heterocycles. The van der Waals surface area contributed by atoms with Crippen molar-refractivity contribution in [2.75, 3.05) is 26.2 Å². The van der Waals surface area contributed by atoms with Crippen LogP contribution in [0.4, 0.5) is 26.3 Å². The minimum atomic E-state index is -4.53. The van der Waals surface area contributed by atoms with Gasteiger partial charge in [0.1, 0.15) is 0 Å². The van der Waals surface area contributed by atoms with Crippen LogP contribution in [-0.2, 0) is 0 Å². The van der Waals surface area contributed by atoms with E-state index in [9.17, 15) is 26.3 Å². The summed E-state index contributed by atoms with van der Waals surface area (Å²) in [5, 5.41) is 2.97. The van der Waals surface area contributed by atoms with E-state index >= 15 is 0 Å². The van der Waals surface area contributed by atoms with Gasteiger partial charge in [0.2, 0.25) is 0 Å². The third-order valence-corrected chi connectivity index (χ3v) is 3.44. The van der Waals surface area contributed by atoms with Gasteiger partial charge in [-0.05, 0) is 6.07 Å². The largest absolute Gasteiger partial charge is 0.390 e. The fourth-order valence-corrected chi connectivity index (χ4v) is 2.45. The van der Waals surface area contributed by atoms with Crippen LogP contribution in [0.5, 0.6) is 0 Å². The fourth-order valence-electron chi connectivity index (χ4n) is 2.45. The van der Waals surface area contributed by atoms with E-state index in [2.05, 4.69) is 5.32 Å². The Morgan fingerprint density at radius 1 is 1.05 bits per heavy atom. The molecule has 1 aliphatic rings. The molecule has 0 bridgehead atoms. The molecule has 21 heavy (non-hydrogen) atoms. The molecule has 1 N–H and O–H groups in total. The number of hydrogen-bond donors (Lipinski definition) is 1. The molecular weight excluding hydrogens is 298 g/mol. The second kappa shape index (κ2) is 6.23. The SMILES string of the molecule is Fc1ccc([C@H](CC(F)(F)F)N2CCNCC2)c(F)c1F. The van der Waals surface area contributed by atoms with Crippen molar-refractivity contribution < 1.29 is 26.3 Å². The van der Waals surface area contributed by atoms with Crippen LogP contribution >= 0.6 is 0 Å². The molecule has 0 aliphatic carbocycles. The van der Waals surface area contributed by atoms with Crippen molar-refractivity contribution in [3.05, 3.63) is 35.1 Å². The molecule has 1 atom stereocenters. The van der Waals surface area contributed by atoms with Gasteiger partial charge in [-0.15, -0.1) is 0 Å². The lowest BCUT2D eigenvalue weighted by Gasteiger charge is -2.35. The summed E-state index contributed by atoms with van der Waals surface area (Å²) in [4.78, 5) is 1.43. The molecule has 1 fully saturated rings. The number of rotatable bonds is 3. The molecular formula is C13H14F6N2. The van der Waals surface area contributed by atoms with Crippen LogP contribution in [0.1, 0.15) is 18.0 Å². The van der Waals surface area contributed by atoms with E-state index in [1.54, 1.807) is 0 Å². The average Bonchev–Trinajstić information content (AvgIpc) is 2.43. The molecule has 1 heterocycles. The van der Waals surface area contributed by atoms with Crippen molar-refractivity contribution in [3.8, 4) is 0 Å². The highest BCUT2D eigenvalue weighted by Gasteiger charge is 2.37. The first kappa shape index (κ1) is 16.1. The number of piperazine rings is 1. The Bertz CT molecular complexity index is 496. The molecule has 0 amide bonds. The Kier molecular flexibility index (Phi) is 4.77. The number of halogens is 6. The topological polar surface area (TPSA) is 15.3 Å². The predicted molar refractivity (Wildman–Crippen MR) is 64.2 cm³/mol. The monoisotopic (exact) mass is 312 g/mol. The Balaban J connectivity index is 2.36. The summed E-state index contributed by atoms with van der Waals surface area (Å²) in [5.74, 6) is -4.71. The van der Waals surface area contributed by atoms with Crippen molar-refractivity contribution in [1.82, 2.24) is 10.2 Å². The molecule has 1 aromatic carbocycles. The van der Waals surface area contributed by atoms with Crippen LogP contribution in [0, 0.1) is 17.5 Å². The summed E-state index contributed by atoms with van der Waals surface area (Å²) in [6, 6.07) is 0.174. The van der Waals surface area contributed by atoms with Gasteiger partial charge in [-0.25, -0.2) is 13.2 Å². The van der Waals surface area contributed by atoms with E-state index in [1.165, 1.54) is 4.90 Å². The van der Waals surface area contributed by atoms with Crippen LogP contribution in [0.2, 0.25) is 0 Å². The minimum absolute atomic E-state index is 0.277. The molecule has 0 aromatic heterocycles. The van der Waals surface area contributed by atoms with E-state index in [1.807, 2.05) is 0 Å². The van der Waals surface area contributed by atoms with Crippen molar-refractivity contribution in [3.63, 3.8) is 0 Å². The van der Waals surface area contributed by atoms with E-state index in [-0.39, 0.29) is 13.1 Å². The molecule has 8 heteroatoms. The van der Waals surface area contributed by atoms with Gasteiger partial charge < -0.3 is 5.32 Å². The van der Waals surface area contributed by atoms with E-state index in [0.717, 1.165) is 6.07 Å². The zero-order valence-corrected chi connectivity index (χ0v) is 11.0. The molecule has 0 saturated carbocycles. The van der Waals surface area contributed by atoms with Crippen LogP contribution in [-0.4, -0.2) is 37.3 Å². The summed E-state index contributed by atoms with van der Waals surface area (Å²) in [7, 11) is 0. The summed E-state index contributed by atoms with van der Waals surface area (Å²) in [5.41, 5.74) is -0.465. The lowest BCUT2D eigenvalue weighted by Crippen LogP contribution is -2.46. The first-order chi connectivity index (χ1) is 9.79. The van der Waals surface area contributed by atoms with Crippen molar-refractivity contribution >= 4 is 0 Å². The maximum Gasteiger partial charge on any atom is 0.390 e. The molecule has 0 spiro atoms. The van der Waals surface area contributed by atoms with Gasteiger partial charge in [0, 0.05) is 37.8 Å². The number of alkyl halides is 3. The first-order valence-electron chi connectivity index (χ1n) is 6.44. The lowest BCUT2D eigenvalue weighted by atomic mass is 9.99. The summed E-state index contributed by atoms with van der Waals surface area (Å²) in [6.45, 7) is 1.47. The van der Waals surface area contributed by atoms with Crippen molar-refractivity contribution in [1.29, 1.82) is 0 Å². The predicted octanol–water partition coefficient (Wildman–Crippen LogP) is 3.00. The first-order valence-corrected chi connectivity index (χ1v) is 6.44. The Labute approximate surface area is 117 Å². The lowest BCUT2D eigenvalue weighted by molar-refractivity contribution is -0.149. The van der Waals surface area contributed by atoms with Gasteiger partial charge in [-0.1, -0.05) is 6.07 Å². The molecule has 2 nitrogen and oxygen atoms in total. The molecule has 2 rings (SSSR count). The Morgan fingerprint density at radius 2 is 1.67 bits per heavy atom. The number of nitrogens with one attached hydrogen (secondary N) is 1. The second-order valence-corrected chi connectivity index (χ2v) is 4.89. The normalized spacial score (nSPS) is 18.8. The summed E-state index contributed by atoms with van der Waals surface area (Å²) in [6.07, 6.45) is -5.85. The van der Waals surface area contributed by atoms with E-state index in [4.69, 9.17) is 0 Å². The van der Waals surface area contributed by atoms with Crippen molar-refractivity contribution in [2.24, 2.45) is 0 Å². The highest BCUT2D eigenvalue weighted by atomic mass is 19.4. The van der Waals surface area contributed by atoms with Gasteiger partial charge >= 0.3 is 6.18 Å². The average molecular weight is 312 g/mol. The van der Waals surface area contributed by atoms with Gasteiger partial charge in [0.25, 0.3) is 0 Å². The second-order valence-electron chi connectivity index (χ2n) is 4.89. The van der Waals surface area contributed by atoms with Gasteiger partial charge in [-0.2, -0.15) is 13.2 Å². The van der Waals surface area contributed by atoms with Gasteiger partial charge in [0.05, 0.1) is 6.42 Å². The van der Waals surface area contributed by atoms with Crippen molar-refractivity contribution in [2.45, 2.75) is 18.6 Å². The molecule has 1 saturated heterocycles. The van der Waals surface area contributed by atoms with Gasteiger partial charge in [-0.3, -0.25) is 4.90 Å². The third-order valence-electron chi connectivity index (χ3n) is 3.44.